The summed E-state index contributed by atoms with van der Waals surface area (Å²) in [4.78, 5) is 27.4. The van der Waals surface area contributed by atoms with Gasteiger partial charge in [-0.05, 0) is 25.8 Å². The number of aromatic amines is 1. The fourth-order valence-corrected chi connectivity index (χ4v) is 1.69. The zero-order valence-electron chi connectivity index (χ0n) is 11.9. The van der Waals surface area contributed by atoms with Crippen molar-refractivity contribution < 1.29 is 14.7 Å². The fraction of sp³-hybridized carbons (Fsp3) is 0.538. The number of hydrogen-bond acceptors (Lipinski definition) is 2. The second-order valence-corrected chi connectivity index (χ2v) is 5.07. The molecule has 2 amide bonds. The number of H-pyrrole nitrogens is 1. The predicted octanol–water partition coefficient (Wildman–Crippen LogP) is 2.53. The number of urea groups is 1. The number of carbonyl (C=O) groups is 2. The second-order valence-electron chi connectivity index (χ2n) is 5.07. The SMILES string of the molecule is Cc1cc(NC(=O)N(C)C(C)C(C)C)c(C(=O)O)[nH]1. The van der Waals surface area contributed by atoms with E-state index in [0.29, 0.717) is 11.6 Å². The Kier molecular flexibility index (Phi) is 4.58. The Morgan fingerprint density at radius 1 is 1.37 bits per heavy atom. The third kappa shape index (κ3) is 3.49. The molecule has 0 aliphatic rings. The van der Waals surface area contributed by atoms with Crippen molar-refractivity contribution in [1.82, 2.24) is 9.88 Å². The predicted molar refractivity (Wildman–Crippen MR) is 73.6 cm³/mol. The van der Waals surface area contributed by atoms with E-state index < -0.39 is 5.97 Å². The van der Waals surface area contributed by atoms with Gasteiger partial charge >= 0.3 is 12.0 Å². The molecule has 0 aliphatic heterocycles. The van der Waals surface area contributed by atoms with E-state index in [-0.39, 0.29) is 23.5 Å². The molecule has 1 aromatic rings. The molecule has 1 atom stereocenters. The van der Waals surface area contributed by atoms with Crippen LogP contribution in [0.3, 0.4) is 0 Å². The number of nitrogens with one attached hydrogen (secondary N) is 2. The summed E-state index contributed by atoms with van der Waals surface area (Å²) in [5.41, 5.74) is 0.974. The summed E-state index contributed by atoms with van der Waals surface area (Å²) in [5, 5.41) is 11.7. The standard InChI is InChI=1S/C13H21N3O3/c1-7(2)9(4)16(5)13(19)15-10-6-8(3)14-11(10)12(17)18/h6-7,9,14H,1-5H3,(H,15,19)(H,17,18). The number of rotatable bonds is 4. The Morgan fingerprint density at radius 3 is 2.42 bits per heavy atom. The molecular weight excluding hydrogens is 246 g/mol. The number of carboxylic acids is 1. The van der Waals surface area contributed by atoms with Crippen LogP contribution < -0.4 is 5.32 Å². The van der Waals surface area contributed by atoms with Gasteiger partial charge in [-0.25, -0.2) is 9.59 Å². The monoisotopic (exact) mass is 267 g/mol. The summed E-state index contributed by atoms with van der Waals surface area (Å²) in [6.45, 7) is 7.74. The van der Waals surface area contributed by atoms with Crippen molar-refractivity contribution in [2.75, 3.05) is 12.4 Å². The van der Waals surface area contributed by atoms with Crippen LogP contribution in [0.25, 0.3) is 0 Å². The molecule has 106 valence electrons. The highest BCUT2D eigenvalue weighted by Crippen LogP contribution is 2.18. The lowest BCUT2D eigenvalue weighted by Gasteiger charge is -2.28. The van der Waals surface area contributed by atoms with Crippen LogP contribution in [0.5, 0.6) is 0 Å². The van der Waals surface area contributed by atoms with Crippen molar-refractivity contribution in [3.8, 4) is 0 Å². The Hall–Kier alpha value is -1.98. The van der Waals surface area contributed by atoms with Gasteiger partial charge < -0.3 is 20.3 Å². The number of aryl methyl sites for hydroxylation is 1. The molecule has 0 aromatic carbocycles. The molecular formula is C13H21N3O3. The van der Waals surface area contributed by atoms with Crippen LogP contribution >= 0.6 is 0 Å². The summed E-state index contributed by atoms with van der Waals surface area (Å²) in [5.74, 6) is -0.773. The summed E-state index contributed by atoms with van der Waals surface area (Å²) in [6, 6.07) is 1.35. The van der Waals surface area contributed by atoms with Crippen molar-refractivity contribution in [2.24, 2.45) is 5.92 Å². The number of carbonyl (C=O) groups excluding carboxylic acids is 1. The van der Waals surface area contributed by atoms with Crippen LogP contribution in [0.4, 0.5) is 10.5 Å². The number of amides is 2. The van der Waals surface area contributed by atoms with E-state index in [9.17, 15) is 9.59 Å². The number of aromatic carboxylic acids is 1. The molecule has 1 unspecified atom stereocenters. The number of hydrogen-bond donors (Lipinski definition) is 3. The average Bonchev–Trinajstić information content (AvgIpc) is 2.68. The number of anilines is 1. The quantitative estimate of drug-likeness (QED) is 0.783. The average molecular weight is 267 g/mol. The summed E-state index contributed by atoms with van der Waals surface area (Å²) >= 11 is 0. The zero-order valence-corrected chi connectivity index (χ0v) is 11.9. The van der Waals surface area contributed by atoms with Crippen molar-refractivity contribution in [1.29, 1.82) is 0 Å². The highest BCUT2D eigenvalue weighted by Gasteiger charge is 2.21. The summed E-state index contributed by atoms with van der Waals surface area (Å²) in [6.07, 6.45) is 0. The maximum atomic E-state index is 12.1. The maximum Gasteiger partial charge on any atom is 0.354 e. The van der Waals surface area contributed by atoms with E-state index in [1.54, 1.807) is 24.9 Å². The van der Waals surface area contributed by atoms with Crippen molar-refractivity contribution in [2.45, 2.75) is 33.7 Å². The van der Waals surface area contributed by atoms with Crippen LogP contribution in [-0.2, 0) is 0 Å². The molecule has 0 fully saturated rings. The van der Waals surface area contributed by atoms with Gasteiger partial charge in [-0.3, -0.25) is 0 Å². The zero-order chi connectivity index (χ0) is 14.7. The van der Waals surface area contributed by atoms with Gasteiger partial charge in [-0.1, -0.05) is 13.8 Å². The molecule has 6 nitrogen and oxygen atoms in total. The number of nitrogens with zero attached hydrogens (tertiary/aromatic N) is 1. The molecule has 0 radical (unpaired) electrons. The van der Waals surface area contributed by atoms with Crippen molar-refractivity contribution in [3.05, 3.63) is 17.5 Å². The van der Waals surface area contributed by atoms with Crippen LogP contribution in [0, 0.1) is 12.8 Å². The smallest absolute Gasteiger partial charge is 0.354 e. The minimum Gasteiger partial charge on any atom is -0.477 e. The highest BCUT2D eigenvalue weighted by molar-refractivity contribution is 5.99. The van der Waals surface area contributed by atoms with E-state index in [1.807, 2.05) is 20.8 Å². The van der Waals surface area contributed by atoms with Crippen LogP contribution in [-0.4, -0.2) is 40.1 Å². The van der Waals surface area contributed by atoms with Gasteiger partial charge in [0.1, 0.15) is 5.69 Å². The van der Waals surface area contributed by atoms with E-state index in [2.05, 4.69) is 10.3 Å². The number of carboxylic acid groups (broad SMARTS) is 1. The molecule has 1 aromatic heterocycles. The van der Waals surface area contributed by atoms with Gasteiger partial charge in [0.2, 0.25) is 0 Å². The lowest BCUT2D eigenvalue weighted by atomic mass is 10.1. The first kappa shape index (κ1) is 15.1. The van der Waals surface area contributed by atoms with Gasteiger partial charge in [-0.2, -0.15) is 0 Å². The second kappa shape index (κ2) is 5.77. The minimum atomic E-state index is -1.09. The summed E-state index contributed by atoms with van der Waals surface area (Å²) < 4.78 is 0. The first-order chi connectivity index (χ1) is 8.73. The maximum absolute atomic E-state index is 12.1. The normalized spacial score (nSPS) is 12.3. The molecule has 3 N–H and O–H groups in total. The van der Waals surface area contributed by atoms with Crippen molar-refractivity contribution >= 4 is 17.7 Å². The third-order valence-electron chi connectivity index (χ3n) is 3.30. The molecule has 0 spiro atoms. The van der Waals surface area contributed by atoms with Crippen molar-refractivity contribution in [3.63, 3.8) is 0 Å². The first-order valence-corrected chi connectivity index (χ1v) is 6.20. The van der Waals surface area contributed by atoms with E-state index >= 15 is 0 Å². The largest absolute Gasteiger partial charge is 0.477 e. The summed E-state index contributed by atoms with van der Waals surface area (Å²) in [7, 11) is 1.69. The molecule has 0 aliphatic carbocycles. The fourth-order valence-electron chi connectivity index (χ4n) is 1.69. The van der Waals surface area contributed by atoms with Crippen LogP contribution in [0.2, 0.25) is 0 Å². The Labute approximate surface area is 112 Å². The molecule has 6 heteroatoms. The van der Waals surface area contributed by atoms with Gasteiger partial charge in [0.15, 0.2) is 0 Å². The molecule has 0 saturated carbocycles. The number of aromatic nitrogens is 1. The van der Waals surface area contributed by atoms with Gasteiger partial charge in [0.25, 0.3) is 0 Å². The van der Waals surface area contributed by atoms with Gasteiger partial charge in [0.05, 0.1) is 5.69 Å². The Morgan fingerprint density at radius 2 is 1.95 bits per heavy atom. The molecule has 0 saturated heterocycles. The molecule has 1 rings (SSSR count). The minimum absolute atomic E-state index is 0.00329. The van der Waals surface area contributed by atoms with Gasteiger partial charge in [-0.15, -0.1) is 0 Å². The lowest BCUT2D eigenvalue weighted by Crippen LogP contribution is -2.41. The topological polar surface area (TPSA) is 85.4 Å². The van der Waals surface area contributed by atoms with Crippen LogP contribution in [0.15, 0.2) is 6.07 Å². The van der Waals surface area contributed by atoms with Gasteiger partial charge in [0, 0.05) is 18.8 Å². The molecule has 1 heterocycles. The van der Waals surface area contributed by atoms with Crippen LogP contribution in [0.1, 0.15) is 37.0 Å². The lowest BCUT2D eigenvalue weighted by molar-refractivity contribution is 0.0692. The molecule has 0 bridgehead atoms. The van der Waals surface area contributed by atoms with E-state index in [4.69, 9.17) is 5.11 Å². The molecule has 19 heavy (non-hydrogen) atoms. The third-order valence-corrected chi connectivity index (χ3v) is 3.30. The first-order valence-electron chi connectivity index (χ1n) is 6.20. The van der Waals surface area contributed by atoms with E-state index in [0.717, 1.165) is 0 Å². The Balaban J connectivity index is 2.85. The highest BCUT2D eigenvalue weighted by atomic mass is 16.4. The Bertz CT molecular complexity index is 479. The van der Waals surface area contributed by atoms with E-state index in [1.165, 1.54) is 0 Å².